The zero-order valence-corrected chi connectivity index (χ0v) is 13.9. The summed E-state index contributed by atoms with van der Waals surface area (Å²) >= 11 is 0. The van der Waals surface area contributed by atoms with Crippen molar-refractivity contribution in [1.82, 2.24) is 0 Å². The molecule has 5 N–H and O–H groups in total. The van der Waals surface area contributed by atoms with Gasteiger partial charge in [-0.25, -0.2) is 9.59 Å². The molecule has 0 aromatic rings. The van der Waals surface area contributed by atoms with E-state index in [9.17, 15) is 9.59 Å². The molecule has 0 saturated heterocycles. The molecule has 0 unspecified atom stereocenters. The average molecular weight is 324 g/mol. The molecule has 0 aromatic carbocycles. The molecule has 0 fully saturated rings. The molecule has 0 saturated carbocycles. The minimum absolute atomic E-state index is 0.319. The van der Waals surface area contributed by atoms with Gasteiger partial charge in [-0.05, 0) is 19.3 Å². The van der Waals surface area contributed by atoms with Crippen LogP contribution in [-0.4, -0.2) is 57.3 Å². The van der Waals surface area contributed by atoms with Crippen molar-refractivity contribution in [2.75, 3.05) is 19.8 Å². The third-order valence-electron chi connectivity index (χ3n) is 1.02. The normalized spacial score (nSPS) is 7.00. The summed E-state index contributed by atoms with van der Waals surface area (Å²) in [5, 5.41) is 38.8. The lowest BCUT2D eigenvalue weighted by molar-refractivity contribution is -0.132. The fourth-order valence-electron chi connectivity index (χ4n) is 0. The fraction of sp³-hybridized carbons (Fsp3) is 0.600. The second kappa shape index (κ2) is 42.7. The van der Waals surface area contributed by atoms with Crippen molar-refractivity contribution in [3.05, 3.63) is 25.3 Å². The van der Waals surface area contributed by atoms with Gasteiger partial charge in [0.05, 0.1) is 0 Å². The summed E-state index contributed by atoms with van der Waals surface area (Å²) in [6.45, 7) is 12.7. The smallest absolute Gasteiger partial charge is 0.327 e. The van der Waals surface area contributed by atoms with Gasteiger partial charge in [0, 0.05) is 32.0 Å². The number of aliphatic hydroxyl groups excluding tert-OH is 3. The number of hydrogen-bond donors (Lipinski definition) is 5. The van der Waals surface area contributed by atoms with Crippen LogP contribution < -0.4 is 0 Å². The molecule has 0 heterocycles. The first-order valence-corrected chi connectivity index (χ1v) is 6.82. The maximum absolute atomic E-state index is 9.25. The van der Waals surface area contributed by atoms with E-state index < -0.39 is 11.9 Å². The molecule has 7 nitrogen and oxygen atoms in total. The Bertz CT molecular complexity index is 194. The topological polar surface area (TPSA) is 135 Å². The molecule has 0 aliphatic rings. The summed E-state index contributed by atoms with van der Waals surface area (Å²) in [5.74, 6) is -1.96. The molecule has 0 bridgehead atoms. The Morgan fingerprint density at radius 2 is 0.818 bits per heavy atom. The molecular formula is C15H32O7. The van der Waals surface area contributed by atoms with Crippen LogP contribution in [0.3, 0.4) is 0 Å². The van der Waals surface area contributed by atoms with Crippen LogP contribution in [0.15, 0.2) is 25.3 Å². The van der Waals surface area contributed by atoms with Crippen molar-refractivity contribution < 1.29 is 35.1 Å². The van der Waals surface area contributed by atoms with Crippen LogP contribution in [0, 0.1) is 0 Å². The van der Waals surface area contributed by atoms with Gasteiger partial charge in [-0.3, -0.25) is 0 Å². The van der Waals surface area contributed by atoms with E-state index in [0.717, 1.165) is 31.4 Å². The van der Waals surface area contributed by atoms with Crippen LogP contribution in [-0.2, 0) is 9.59 Å². The van der Waals surface area contributed by atoms with Gasteiger partial charge < -0.3 is 25.5 Å². The highest BCUT2D eigenvalue weighted by Crippen LogP contribution is 1.62. The van der Waals surface area contributed by atoms with Crippen molar-refractivity contribution in [1.29, 1.82) is 0 Å². The highest BCUT2D eigenvalue weighted by molar-refractivity contribution is 5.79. The maximum atomic E-state index is 9.25. The Morgan fingerprint density at radius 1 is 0.727 bits per heavy atom. The minimum Gasteiger partial charge on any atom is -0.478 e. The summed E-state index contributed by atoms with van der Waals surface area (Å²) < 4.78 is 0. The lowest BCUT2D eigenvalue weighted by Gasteiger charge is -1.69. The molecule has 0 aromatic heterocycles. The maximum Gasteiger partial charge on any atom is 0.327 e. The second-order valence-electron chi connectivity index (χ2n) is 3.26. The van der Waals surface area contributed by atoms with Crippen LogP contribution in [0.1, 0.15) is 40.0 Å². The number of hydrogen-bond acceptors (Lipinski definition) is 5. The third-order valence-corrected chi connectivity index (χ3v) is 1.02. The van der Waals surface area contributed by atoms with E-state index in [-0.39, 0.29) is 0 Å². The summed E-state index contributed by atoms with van der Waals surface area (Å²) in [7, 11) is 0. The SMILES string of the molecule is C=CC(=O)O.C=CC(=O)O.CCCO.CCCO.CCCO. The van der Waals surface area contributed by atoms with Crippen LogP contribution in [0.5, 0.6) is 0 Å². The lowest BCUT2D eigenvalue weighted by atomic mass is 10.5. The van der Waals surface area contributed by atoms with Crippen LogP contribution in [0.25, 0.3) is 0 Å². The van der Waals surface area contributed by atoms with Gasteiger partial charge in [0.1, 0.15) is 0 Å². The van der Waals surface area contributed by atoms with Crippen LogP contribution in [0.2, 0.25) is 0 Å². The minimum atomic E-state index is -0.981. The van der Waals surface area contributed by atoms with E-state index in [2.05, 4.69) is 13.2 Å². The molecule has 0 amide bonds. The van der Waals surface area contributed by atoms with Gasteiger partial charge in [0.15, 0.2) is 0 Å². The monoisotopic (exact) mass is 324 g/mol. The number of carboxylic acid groups (broad SMARTS) is 2. The first-order valence-electron chi connectivity index (χ1n) is 6.82. The first kappa shape index (κ1) is 32.3. The average Bonchev–Trinajstić information content (AvgIpc) is 2.55. The molecule has 22 heavy (non-hydrogen) atoms. The number of aliphatic carboxylic acids is 2. The highest BCUT2D eigenvalue weighted by Gasteiger charge is 1.73. The second-order valence-corrected chi connectivity index (χ2v) is 3.26. The Labute approximate surface area is 133 Å². The van der Waals surface area contributed by atoms with Gasteiger partial charge >= 0.3 is 11.9 Å². The predicted octanol–water partition coefficient (Wildman–Crippen LogP) is 1.68. The van der Waals surface area contributed by atoms with E-state index in [0.29, 0.717) is 19.8 Å². The Morgan fingerprint density at radius 3 is 0.818 bits per heavy atom. The molecule has 0 radical (unpaired) electrons. The molecule has 7 heteroatoms. The van der Waals surface area contributed by atoms with Gasteiger partial charge in [-0.1, -0.05) is 33.9 Å². The van der Waals surface area contributed by atoms with Crippen molar-refractivity contribution >= 4 is 11.9 Å². The summed E-state index contributed by atoms with van der Waals surface area (Å²) in [6.07, 6.45) is 4.29. The zero-order chi connectivity index (χ0) is 18.8. The van der Waals surface area contributed by atoms with E-state index in [4.69, 9.17) is 25.5 Å². The standard InChI is InChI=1S/2C3H4O2.3C3H8O/c2*1-2-3(4)5;3*1-2-3-4/h2*2H,1H2,(H,4,5);3*4H,2-3H2,1H3. The molecule has 0 spiro atoms. The lowest BCUT2D eigenvalue weighted by Crippen LogP contribution is -1.82. The largest absolute Gasteiger partial charge is 0.478 e. The first-order chi connectivity index (χ1) is 10.3. The molecule has 0 aliphatic heterocycles. The molecule has 134 valence electrons. The van der Waals surface area contributed by atoms with Gasteiger partial charge in [-0.15, -0.1) is 0 Å². The molecule has 0 atom stereocenters. The zero-order valence-electron chi connectivity index (χ0n) is 13.9. The molecular weight excluding hydrogens is 292 g/mol. The predicted molar refractivity (Wildman–Crippen MR) is 87.8 cm³/mol. The number of rotatable bonds is 5. The Balaban J connectivity index is -0.0000000550. The summed E-state index contributed by atoms with van der Waals surface area (Å²) in [4.78, 5) is 18.5. The Hall–Kier alpha value is -1.70. The number of carboxylic acids is 2. The van der Waals surface area contributed by atoms with Crippen molar-refractivity contribution in [3.8, 4) is 0 Å². The molecule has 0 rings (SSSR count). The highest BCUT2D eigenvalue weighted by atomic mass is 16.4. The van der Waals surface area contributed by atoms with Crippen molar-refractivity contribution in [3.63, 3.8) is 0 Å². The van der Waals surface area contributed by atoms with Gasteiger partial charge in [-0.2, -0.15) is 0 Å². The van der Waals surface area contributed by atoms with Crippen molar-refractivity contribution in [2.24, 2.45) is 0 Å². The third kappa shape index (κ3) is 195. The van der Waals surface area contributed by atoms with E-state index >= 15 is 0 Å². The summed E-state index contributed by atoms with van der Waals surface area (Å²) in [6, 6.07) is 0. The number of carbonyl (C=O) groups is 2. The van der Waals surface area contributed by atoms with Crippen LogP contribution >= 0.6 is 0 Å². The molecule has 0 aliphatic carbocycles. The summed E-state index contributed by atoms with van der Waals surface area (Å²) in [5.41, 5.74) is 0. The van der Waals surface area contributed by atoms with E-state index in [1.807, 2.05) is 20.8 Å². The van der Waals surface area contributed by atoms with E-state index in [1.54, 1.807) is 0 Å². The van der Waals surface area contributed by atoms with Crippen molar-refractivity contribution in [2.45, 2.75) is 40.0 Å². The number of aliphatic hydroxyl groups is 3. The quantitative estimate of drug-likeness (QED) is 0.485. The van der Waals surface area contributed by atoms with Crippen LogP contribution in [0.4, 0.5) is 0 Å². The van der Waals surface area contributed by atoms with Gasteiger partial charge in [0.25, 0.3) is 0 Å². The van der Waals surface area contributed by atoms with Gasteiger partial charge in [0.2, 0.25) is 0 Å². The fourth-order valence-corrected chi connectivity index (χ4v) is 0. The Kier molecular flexibility index (Phi) is 62.7. The van der Waals surface area contributed by atoms with E-state index in [1.165, 1.54) is 0 Å².